The summed E-state index contributed by atoms with van der Waals surface area (Å²) in [5.41, 5.74) is 0. The number of amides is 2. The lowest BCUT2D eigenvalue weighted by atomic mass is 10.4. The second kappa shape index (κ2) is 8.52. The second-order valence-corrected chi connectivity index (χ2v) is 4.77. The van der Waals surface area contributed by atoms with Gasteiger partial charge in [0.1, 0.15) is 0 Å². The Balaban J connectivity index is 2.25. The van der Waals surface area contributed by atoms with Crippen molar-refractivity contribution >= 4 is 17.8 Å². The van der Waals surface area contributed by atoms with Gasteiger partial charge in [0.2, 0.25) is 11.8 Å². The van der Waals surface area contributed by atoms with Crippen LogP contribution < -0.4 is 10.6 Å². The number of nitrogens with zero attached hydrogens (tertiary/aromatic N) is 1. The first-order valence-electron chi connectivity index (χ1n) is 6.93. The molecule has 0 heterocycles. The molecule has 2 N–H and O–H groups in total. The van der Waals surface area contributed by atoms with Gasteiger partial charge in [0.05, 0.1) is 19.7 Å². The zero-order chi connectivity index (χ0) is 15.0. The van der Waals surface area contributed by atoms with Crippen molar-refractivity contribution in [2.24, 2.45) is 0 Å². The lowest BCUT2D eigenvalue weighted by Gasteiger charge is -2.20. The third kappa shape index (κ3) is 7.08. The molecule has 2 amide bonds. The highest BCUT2D eigenvalue weighted by atomic mass is 16.5. The number of hydrogen-bond acceptors (Lipinski definition) is 5. The molecule has 7 heteroatoms. The van der Waals surface area contributed by atoms with Gasteiger partial charge < -0.3 is 15.4 Å². The lowest BCUT2D eigenvalue weighted by Crippen LogP contribution is -2.43. The summed E-state index contributed by atoms with van der Waals surface area (Å²) in [7, 11) is 0. The molecule has 0 saturated heterocycles. The van der Waals surface area contributed by atoms with E-state index in [2.05, 4.69) is 10.6 Å². The van der Waals surface area contributed by atoms with Crippen LogP contribution in [0.4, 0.5) is 0 Å². The van der Waals surface area contributed by atoms with Gasteiger partial charge in [-0.15, -0.1) is 0 Å². The van der Waals surface area contributed by atoms with Gasteiger partial charge in [-0.2, -0.15) is 0 Å². The summed E-state index contributed by atoms with van der Waals surface area (Å²) in [5, 5.41) is 5.31. The van der Waals surface area contributed by atoms with E-state index in [0.29, 0.717) is 25.7 Å². The van der Waals surface area contributed by atoms with Crippen LogP contribution in [-0.2, 0) is 19.1 Å². The van der Waals surface area contributed by atoms with E-state index in [1.54, 1.807) is 6.92 Å². The number of carbonyl (C=O) groups is 3. The molecule has 7 nitrogen and oxygen atoms in total. The Morgan fingerprint density at radius 2 is 1.80 bits per heavy atom. The van der Waals surface area contributed by atoms with Gasteiger partial charge in [0.25, 0.3) is 0 Å². The van der Waals surface area contributed by atoms with Crippen molar-refractivity contribution in [3.8, 4) is 0 Å². The van der Waals surface area contributed by atoms with Crippen LogP contribution in [0, 0.1) is 0 Å². The van der Waals surface area contributed by atoms with Crippen LogP contribution in [-0.4, -0.2) is 61.5 Å². The maximum atomic E-state index is 11.8. The Bertz CT molecular complexity index is 356. The van der Waals surface area contributed by atoms with Crippen LogP contribution in [0.15, 0.2) is 0 Å². The van der Waals surface area contributed by atoms with E-state index < -0.39 is 0 Å². The molecule has 0 bridgehead atoms. The molecule has 1 aliphatic carbocycles. The van der Waals surface area contributed by atoms with Crippen molar-refractivity contribution in [3.05, 3.63) is 0 Å². The molecule has 0 aliphatic heterocycles. The molecule has 0 radical (unpaired) electrons. The van der Waals surface area contributed by atoms with Crippen LogP contribution in [0.5, 0.6) is 0 Å². The molecule has 114 valence electrons. The van der Waals surface area contributed by atoms with Crippen molar-refractivity contribution < 1.29 is 19.1 Å². The first-order valence-corrected chi connectivity index (χ1v) is 6.93. The van der Waals surface area contributed by atoms with Gasteiger partial charge in [-0.3, -0.25) is 19.3 Å². The van der Waals surface area contributed by atoms with Crippen LogP contribution in [0.1, 0.15) is 26.7 Å². The SMILES string of the molecule is CCOC(=O)CN(CC(=O)NCCNC(C)=O)C1CC1. The number of esters is 1. The molecular formula is C13H23N3O4. The van der Waals surface area contributed by atoms with Crippen LogP contribution in [0.2, 0.25) is 0 Å². The molecule has 0 aromatic heterocycles. The lowest BCUT2D eigenvalue weighted by molar-refractivity contribution is -0.144. The molecule has 0 spiro atoms. The van der Waals surface area contributed by atoms with E-state index in [9.17, 15) is 14.4 Å². The molecule has 0 atom stereocenters. The highest BCUT2D eigenvalue weighted by Crippen LogP contribution is 2.26. The minimum Gasteiger partial charge on any atom is -0.465 e. The fourth-order valence-corrected chi connectivity index (χ4v) is 1.81. The van der Waals surface area contributed by atoms with Gasteiger partial charge in [-0.1, -0.05) is 0 Å². The molecule has 1 saturated carbocycles. The molecule has 0 aromatic carbocycles. The monoisotopic (exact) mass is 285 g/mol. The van der Waals surface area contributed by atoms with Crippen molar-refractivity contribution in [1.82, 2.24) is 15.5 Å². The highest BCUT2D eigenvalue weighted by Gasteiger charge is 2.31. The quantitative estimate of drug-likeness (QED) is 0.430. The number of ether oxygens (including phenoxy) is 1. The first kappa shape index (κ1) is 16.4. The third-order valence-electron chi connectivity index (χ3n) is 2.87. The maximum Gasteiger partial charge on any atom is 0.320 e. The van der Waals surface area contributed by atoms with E-state index >= 15 is 0 Å². The summed E-state index contributed by atoms with van der Waals surface area (Å²) in [6, 6.07) is 0.306. The Morgan fingerprint density at radius 1 is 1.15 bits per heavy atom. The average Bonchev–Trinajstić information content (AvgIpc) is 3.18. The summed E-state index contributed by atoms with van der Waals surface area (Å²) >= 11 is 0. The zero-order valence-corrected chi connectivity index (χ0v) is 12.1. The van der Waals surface area contributed by atoms with Crippen molar-refractivity contribution in [2.45, 2.75) is 32.7 Å². The summed E-state index contributed by atoms with van der Waals surface area (Å²) in [6.45, 7) is 4.66. The fourth-order valence-electron chi connectivity index (χ4n) is 1.81. The fraction of sp³-hybridized carbons (Fsp3) is 0.769. The van der Waals surface area contributed by atoms with E-state index in [-0.39, 0.29) is 30.9 Å². The van der Waals surface area contributed by atoms with Gasteiger partial charge in [0.15, 0.2) is 0 Å². The molecular weight excluding hydrogens is 262 g/mol. The highest BCUT2D eigenvalue weighted by molar-refractivity contribution is 5.79. The summed E-state index contributed by atoms with van der Waals surface area (Å²) in [6.07, 6.45) is 2.02. The molecule has 1 fully saturated rings. The van der Waals surface area contributed by atoms with E-state index in [4.69, 9.17) is 4.74 Å². The van der Waals surface area contributed by atoms with Crippen molar-refractivity contribution in [2.75, 3.05) is 32.8 Å². The Morgan fingerprint density at radius 3 is 2.35 bits per heavy atom. The Hall–Kier alpha value is -1.63. The molecule has 20 heavy (non-hydrogen) atoms. The number of nitrogens with one attached hydrogen (secondary N) is 2. The van der Waals surface area contributed by atoms with Crippen LogP contribution in [0.25, 0.3) is 0 Å². The third-order valence-corrected chi connectivity index (χ3v) is 2.87. The molecule has 0 aromatic rings. The summed E-state index contributed by atoms with van der Waals surface area (Å²) in [5.74, 6) is -0.571. The largest absolute Gasteiger partial charge is 0.465 e. The van der Waals surface area contributed by atoms with Crippen molar-refractivity contribution in [1.29, 1.82) is 0 Å². The van der Waals surface area contributed by atoms with Gasteiger partial charge >= 0.3 is 5.97 Å². The minimum atomic E-state index is -0.301. The Labute approximate surface area is 119 Å². The molecule has 1 rings (SSSR count). The van der Waals surface area contributed by atoms with E-state index in [1.807, 2.05) is 4.90 Å². The molecule has 1 aliphatic rings. The number of rotatable bonds is 9. The van der Waals surface area contributed by atoms with Crippen LogP contribution in [0.3, 0.4) is 0 Å². The first-order chi connectivity index (χ1) is 9.52. The summed E-state index contributed by atoms with van der Waals surface area (Å²) < 4.78 is 4.90. The average molecular weight is 285 g/mol. The number of hydrogen-bond donors (Lipinski definition) is 2. The minimum absolute atomic E-state index is 0.124. The van der Waals surface area contributed by atoms with Crippen LogP contribution >= 0.6 is 0 Å². The van der Waals surface area contributed by atoms with Gasteiger partial charge in [0, 0.05) is 26.1 Å². The topological polar surface area (TPSA) is 87.7 Å². The number of carbonyl (C=O) groups excluding carboxylic acids is 3. The predicted octanol–water partition coefficient (Wildman–Crippen LogP) is -0.734. The zero-order valence-electron chi connectivity index (χ0n) is 12.1. The van der Waals surface area contributed by atoms with E-state index in [1.165, 1.54) is 6.92 Å². The maximum absolute atomic E-state index is 11.8. The summed E-state index contributed by atoms with van der Waals surface area (Å²) in [4.78, 5) is 35.7. The predicted molar refractivity (Wildman–Crippen MR) is 72.9 cm³/mol. The van der Waals surface area contributed by atoms with Gasteiger partial charge in [-0.05, 0) is 19.8 Å². The van der Waals surface area contributed by atoms with Gasteiger partial charge in [-0.25, -0.2) is 0 Å². The normalized spacial score (nSPS) is 13.9. The standard InChI is InChI=1S/C13H23N3O4/c1-3-20-13(19)9-16(11-4-5-11)8-12(18)15-7-6-14-10(2)17/h11H,3-9H2,1-2H3,(H,14,17)(H,15,18). The Kier molecular flexibility index (Phi) is 7.00. The molecule has 0 unspecified atom stereocenters. The smallest absolute Gasteiger partial charge is 0.320 e. The second-order valence-electron chi connectivity index (χ2n) is 4.77. The van der Waals surface area contributed by atoms with E-state index in [0.717, 1.165) is 12.8 Å². The van der Waals surface area contributed by atoms with Crippen molar-refractivity contribution in [3.63, 3.8) is 0 Å².